The number of aromatic nitrogens is 2. The van der Waals surface area contributed by atoms with Gasteiger partial charge in [0.15, 0.2) is 0 Å². The van der Waals surface area contributed by atoms with Crippen molar-refractivity contribution in [1.29, 1.82) is 5.26 Å². The minimum Gasteiger partial charge on any atom is -0.339 e. The first kappa shape index (κ1) is 11.6. The Morgan fingerprint density at radius 1 is 1.41 bits per heavy atom. The number of rotatable bonds is 3. The van der Waals surface area contributed by atoms with Crippen LogP contribution in [-0.4, -0.2) is 10.1 Å². The van der Waals surface area contributed by atoms with Crippen molar-refractivity contribution in [3.05, 3.63) is 35.2 Å². The van der Waals surface area contributed by atoms with Crippen LogP contribution in [0.5, 0.6) is 0 Å². The van der Waals surface area contributed by atoms with E-state index in [9.17, 15) is 0 Å². The third-order valence-corrected chi connectivity index (χ3v) is 2.52. The van der Waals surface area contributed by atoms with E-state index in [1.807, 2.05) is 19.1 Å². The zero-order valence-corrected chi connectivity index (χ0v) is 9.98. The smallest absolute Gasteiger partial charge is 0.228 e. The zero-order valence-electron chi connectivity index (χ0n) is 9.22. The maximum absolute atomic E-state index is 8.70. The Morgan fingerprint density at radius 2 is 2.12 bits per heavy atom. The molecular weight excluding hydrogens is 238 g/mol. The fourth-order valence-corrected chi connectivity index (χ4v) is 1.49. The predicted octanol–water partition coefficient (Wildman–Crippen LogP) is 3.09. The van der Waals surface area contributed by atoms with Crippen molar-refractivity contribution >= 4 is 11.6 Å². The van der Waals surface area contributed by atoms with E-state index in [2.05, 4.69) is 16.2 Å². The molecule has 0 aliphatic heterocycles. The average molecular weight is 248 g/mol. The van der Waals surface area contributed by atoms with Crippen LogP contribution < -0.4 is 0 Å². The Labute approximate surface area is 104 Å². The monoisotopic (exact) mass is 247 g/mol. The van der Waals surface area contributed by atoms with E-state index in [4.69, 9.17) is 21.4 Å². The molecule has 1 aromatic carbocycles. The van der Waals surface area contributed by atoms with Crippen molar-refractivity contribution in [3.63, 3.8) is 0 Å². The molecule has 0 amide bonds. The summed E-state index contributed by atoms with van der Waals surface area (Å²) in [5.74, 6) is 0.860. The van der Waals surface area contributed by atoms with Crippen LogP contribution in [0, 0.1) is 17.2 Å². The lowest BCUT2D eigenvalue weighted by atomic mass is 10.1. The molecule has 0 saturated carbocycles. The molecule has 4 nitrogen and oxygen atoms in total. The Bertz CT molecular complexity index is 542. The summed E-state index contributed by atoms with van der Waals surface area (Å²) in [6.45, 7) is 1.81. The highest BCUT2D eigenvalue weighted by Gasteiger charge is 2.11. The van der Waals surface area contributed by atoms with Gasteiger partial charge in [0.05, 0.1) is 12.0 Å². The van der Waals surface area contributed by atoms with Crippen LogP contribution in [0.25, 0.3) is 11.4 Å². The molecular formula is C12H10ClN3O. The van der Waals surface area contributed by atoms with Crippen molar-refractivity contribution in [2.45, 2.75) is 13.3 Å². The third-order valence-electron chi connectivity index (χ3n) is 2.27. The van der Waals surface area contributed by atoms with E-state index < -0.39 is 0 Å². The Morgan fingerprint density at radius 3 is 2.76 bits per heavy atom. The van der Waals surface area contributed by atoms with Gasteiger partial charge < -0.3 is 4.52 Å². The van der Waals surface area contributed by atoms with E-state index in [1.165, 1.54) is 0 Å². The summed E-state index contributed by atoms with van der Waals surface area (Å²) in [7, 11) is 0. The van der Waals surface area contributed by atoms with Crippen LogP contribution in [0.2, 0.25) is 5.02 Å². The summed E-state index contributed by atoms with van der Waals surface area (Å²) in [4.78, 5) is 4.23. The minimum absolute atomic E-state index is 0.131. The molecule has 1 atom stereocenters. The molecule has 0 radical (unpaired) electrons. The molecule has 1 unspecified atom stereocenters. The number of halogens is 1. The van der Waals surface area contributed by atoms with Gasteiger partial charge in [0.1, 0.15) is 0 Å². The van der Waals surface area contributed by atoms with Gasteiger partial charge in [0.25, 0.3) is 0 Å². The first-order chi connectivity index (χ1) is 8.19. The molecule has 0 aliphatic carbocycles. The second kappa shape index (κ2) is 4.98. The number of hydrogen-bond acceptors (Lipinski definition) is 4. The van der Waals surface area contributed by atoms with E-state index >= 15 is 0 Å². The van der Waals surface area contributed by atoms with Gasteiger partial charge in [0, 0.05) is 17.0 Å². The lowest BCUT2D eigenvalue weighted by molar-refractivity contribution is 0.369. The lowest BCUT2D eigenvalue weighted by Gasteiger charge is -1.94. The van der Waals surface area contributed by atoms with Crippen molar-refractivity contribution in [2.24, 2.45) is 5.92 Å². The zero-order chi connectivity index (χ0) is 12.3. The van der Waals surface area contributed by atoms with Crippen molar-refractivity contribution in [3.8, 4) is 17.5 Å². The Kier molecular flexibility index (Phi) is 3.40. The standard InChI is InChI=1S/C12H10ClN3O/c1-8(7-14)6-11-15-12(16-17-11)9-2-4-10(13)5-3-9/h2-5,8H,6H2,1H3. The molecule has 0 fully saturated rings. The molecule has 0 bridgehead atoms. The average Bonchev–Trinajstić information content (AvgIpc) is 2.78. The summed E-state index contributed by atoms with van der Waals surface area (Å²) in [5, 5.41) is 13.2. The van der Waals surface area contributed by atoms with E-state index in [0.29, 0.717) is 23.2 Å². The maximum Gasteiger partial charge on any atom is 0.228 e. The molecule has 86 valence electrons. The molecule has 1 aromatic heterocycles. The molecule has 0 saturated heterocycles. The summed E-state index contributed by atoms with van der Waals surface area (Å²) >= 11 is 5.79. The Balaban J connectivity index is 2.18. The van der Waals surface area contributed by atoms with E-state index in [0.717, 1.165) is 5.56 Å². The summed E-state index contributed by atoms with van der Waals surface area (Å²) in [5.41, 5.74) is 0.842. The molecule has 1 heterocycles. The number of benzene rings is 1. The van der Waals surface area contributed by atoms with Gasteiger partial charge in [-0.1, -0.05) is 16.8 Å². The van der Waals surface area contributed by atoms with Crippen LogP contribution in [0.3, 0.4) is 0 Å². The first-order valence-electron chi connectivity index (χ1n) is 5.17. The third kappa shape index (κ3) is 2.83. The summed E-state index contributed by atoms with van der Waals surface area (Å²) in [6, 6.07) is 9.31. The number of nitriles is 1. The molecule has 2 aromatic rings. The van der Waals surface area contributed by atoms with Crippen LogP contribution >= 0.6 is 11.6 Å². The van der Waals surface area contributed by atoms with Gasteiger partial charge in [-0.3, -0.25) is 0 Å². The molecule has 0 aliphatic rings. The normalized spacial score (nSPS) is 12.1. The summed E-state index contributed by atoms with van der Waals surface area (Å²) < 4.78 is 5.08. The minimum atomic E-state index is -0.131. The van der Waals surface area contributed by atoms with Crippen LogP contribution in [-0.2, 0) is 6.42 Å². The fourth-order valence-electron chi connectivity index (χ4n) is 1.36. The Hall–Kier alpha value is -1.86. The van der Waals surface area contributed by atoms with Gasteiger partial charge in [0.2, 0.25) is 11.7 Å². The largest absolute Gasteiger partial charge is 0.339 e. The fraction of sp³-hybridized carbons (Fsp3) is 0.250. The van der Waals surface area contributed by atoms with Gasteiger partial charge in [-0.05, 0) is 31.2 Å². The van der Waals surface area contributed by atoms with Crippen molar-refractivity contribution in [1.82, 2.24) is 10.1 Å². The van der Waals surface area contributed by atoms with Crippen molar-refractivity contribution < 1.29 is 4.52 Å². The van der Waals surface area contributed by atoms with Crippen LogP contribution in [0.15, 0.2) is 28.8 Å². The molecule has 0 N–H and O–H groups in total. The van der Waals surface area contributed by atoms with E-state index in [-0.39, 0.29) is 5.92 Å². The highest BCUT2D eigenvalue weighted by Crippen LogP contribution is 2.19. The number of hydrogen-bond donors (Lipinski definition) is 0. The van der Waals surface area contributed by atoms with Gasteiger partial charge in [-0.2, -0.15) is 10.2 Å². The second-order valence-corrected chi connectivity index (χ2v) is 4.19. The van der Waals surface area contributed by atoms with E-state index in [1.54, 1.807) is 12.1 Å². The van der Waals surface area contributed by atoms with Crippen LogP contribution in [0.1, 0.15) is 12.8 Å². The second-order valence-electron chi connectivity index (χ2n) is 3.75. The topological polar surface area (TPSA) is 62.7 Å². The van der Waals surface area contributed by atoms with Gasteiger partial charge >= 0.3 is 0 Å². The maximum atomic E-state index is 8.70. The highest BCUT2D eigenvalue weighted by atomic mass is 35.5. The van der Waals surface area contributed by atoms with Gasteiger partial charge in [-0.15, -0.1) is 0 Å². The molecule has 5 heteroatoms. The summed E-state index contributed by atoms with van der Waals surface area (Å²) in [6.07, 6.45) is 0.469. The van der Waals surface area contributed by atoms with Gasteiger partial charge in [-0.25, -0.2) is 0 Å². The highest BCUT2D eigenvalue weighted by molar-refractivity contribution is 6.30. The molecule has 0 spiro atoms. The molecule has 2 rings (SSSR count). The van der Waals surface area contributed by atoms with Crippen molar-refractivity contribution in [2.75, 3.05) is 0 Å². The first-order valence-corrected chi connectivity index (χ1v) is 5.55. The SMILES string of the molecule is CC(C#N)Cc1nc(-c2ccc(Cl)cc2)no1. The predicted molar refractivity (Wildman–Crippen MR) is 63.2 cm³/mol. The number of nitrogens with zero attached hydrogens (tertiary/aromatic N) is 3. The van der Waals surface area contributed by atoms with Crippen LogP contribution in [0.4, 0.5) is 0 Å². The molecule has 17 heavy (non-hydrogen) atoms. The lowest BCUT2D eigenvalue weighted by Crippen LogP contribution is -1.96. The quantitative estimate of drug-likeness (QED) is 0.836.